The van der Waals surface area contributed by atoms with Crippen LogP contribution < -0.4 is 10.6 Å². The quantitative estimate of drug-likeness (QED) is 0.827. The Morgan fingerprint density at radius 1 is 1.14 bits per heavy atom. The smallest absolute Gasteiger partial charge is 0.251 e. The molecule has 1 amide bonds. The van der Waals surface area contributed by atoms with Gasteiger partial charge in [0.2, 0.25) is 0 Å². The lowest BCUT2D eigenvalue weighted by molar-refractivity contribution is 0.0950. The number of hydrogen-bond donors (Lipinski definition) is 2. The molecule has 0 spiro atoms. The van der Waals surface area contributed by atoms with Gasteiger partial charge < -0.3 is 15.5 Å². The Bertz CT molecular complexity index is 760. The highest BCUT2D eigenvalue weighted by Gasteiger charge is 2.46. The van der Waals surface area contributed by atoms with Crippen molar-refractivity contribution in [3.63, 3.8) is 0 Å². The number of carbonyl (C=O) groups excluding carboxylic acids is 1. The van der Waals surface area contributed by atoms with Gasteiger partial charge in [-0.25, -0.2) is 4.39 Å². The van der Waals surface area contributed by atoms with E-state index < -0.39 is 0 Å². The largest absolute Gasteiger partial charge is 0.381 e. The zero-order chi connectivity index (χ0) is 19.3. The number of amides is 1. The lowest BCUT2D eigenvalue weighted by Gasteiger charge is -2.41. The minimum absolute atomic E-state index is 0.121. The van der Waals surface area contributed by atoms with Crippen LogP contribution in [0.15, 0.2) is 12.1 Å². The molecule has 3 unspecified atom stereocenters. The molecule has 3 heterocycles. The predicted molar refractivity (Wildman–Crippen MR) is 109 cm³/mol. The molecule has 1 aliphatic carbocycles. The van der Waals surface area contributed by atoms with Crippen molar-refractivity contribution in [3.05, 3.63) is 29.1 Å². The molecular formula is C23H32FN3O. The molecule has 4 aliphatic rings. The van der Waals surface area contributed by atoms with E-state index in [9.17, 15) is 9.18 Å². The number of nitrogens with zero attached hydrogens (tertiary/aromatic N) is 1. The number of likely N-dealkylation sites (tertiary alicyclic amines) is 1. The van der Waals surface area contributed by atoms with E-state index in [4.69, 9.17) is 0 Å². The van der Waals surface area contributed by atoms with E-state index in [2.05, 4.69) is 22.5 Å². The first kappa shape index (κ1) is 18.4. The van der Waals surface area contributed by atoms with Gasteiger partial charge in [-0.15, -0.1) is 0 Å². The Labute approximate surface area is 167 Å². The van der Waals surface area contributed by atoms with Gasteiger partial charge in [-0.2, -0.15) is 0 Å². The highest BCUT2D eigenvalue weighted by molar-refractivity contribution is 5.98. The first-order valence-corrected chi connectivity index (χ1v) is 11.2. The van der Waals surface area contributed by atoms with Crippen molar-refractivity contribution in [2.45, 2.75) is 57.4 Å². The van der Waals surface area contributed by atoms with Crippen LogP contribution in [0.2, 0.25) is 0 Å². The van der Waals surface area contributed by atoms with E-state index in [1.807, 2.05) is 0 Å². The summed E-state index contributed by atoms with van der Waals surface area (Å²) >= 11 is 0. The van der Waals surface area contributed by atoms with E-state index >= 15 is 0 Å². The summed E-state index contributed by atoms with van der Waals surface area (Å²) in [5.74, 6) is 1.49. The van der Waals surface area contributed by atoms with Crippen molar-refractivity contribution in [2.75, 3.05) is 31.5 Å². The molecule has 1 aromatic rings. The standard InChI is InChI=1S/C23H32FN3O/c1-14-12-25-23(28)18-10-16(24)11-19-21(18)20(14)22(26-19)17-7-3-2-6-15(17)13-27-8-4-5-9-27/h10-11,14-15,17,20,22,26H,2-9,12-13H2,1H3,(H,25,28)/t14-,15+,17?,20?,22?/m0/s1. The van der Waals surface area contributed by atoms with Crippen molar-refractivity contribution in [2.24, 2.45) is 17.8 Å². The van der Waals surface area contributed by atoms with Gasteiger partial charge in [0.15, 0.2) is 0 Å². The summed E-state index contributed by atoms with van der Waals surface area (Å²) in [5.41, 5.74) is 2.48. The normalized spacial score (nSPS) is 35.2. The Morgan fingerprint density at radius 2 is 1.93 bits per heavy atom. The molecule has 1 saturated heterocycles. The van der Waals surface area contributed by atoms with Crippen LogP contribution in [0, 0.1) is 23.6 Å². The molecule has 2 N–H and O–H groups in total. The average molecular weight is 386 g/mol. The molecule has 28 heavy (non-hydrogen) atoms. The lowest BCUT2D eigenvalue weighted by Crippen LogP contribution is -2.43. The van der Waals surface area contributed by atoms with Gasteiger partial charge in [0.1, 0.15) is 5.82 Å². The van der Waals surface area contributed by atoms with Gasteiger partial charge in [0.05, 0.1) is 0 Å². The van der Waals surface area contributed by atoms with Crippen LogP contribution in [-0.4, -0.2) is 43.0 Å². The maximum atomic E-state index is 14.3. The average Bonchev–Trinajstić information content (AvgIpc) is 3.30. The second-order valence-electron chi connectivity index (χ2n) is 9.51. The van der Waals surface area contributed by atoms with Crippen molar-refractivity contribution in [1.82, 2.24) is 10.2 Å². The summed E-state index contributed by atoms with van der Waals surface area (Å²) in [6.45, 7) is 6.61. The zero-order valence-corrected chi connectivity index (χ0v) is 16.8. The summed E-state index contributed by atoms with van der Waals surface area (Å²) in [6.07, 6.45) is 7.83. The highest BCUT2D eigenvalue weighted by atomic mass is 19.1. The highest BCUT2D eigenvalue weighted by Crippen LogP contribution is 2.50. The molecule has 4 nitrogen and oxygen atoms in total. The third kappa shape index (κ3) is 3.12. The summed E-state index contributed by atoms with van der Waals surface area (Å²) in [5, 5.41) is 6.74. The van der Waals surface area contributed by atoms with Gasteiger partial charge in [-0.1, -0.05) is 19.8 Å². The fourth-order valence-corrected chi connectivity index (χ4v) is 6.45. The number of rotatable bonds is 3. The van der Waals surface area contributed by atoms with E-state index in [1.165, 1.54) is 64.2 Å². The Kier molecular flexibility index (Phi) is 4.82. The van der Waals surface area contributed by atoms with Gasteiger partial charge in [0, 0.05) is 36.3 Å². The van der Waals surface area contributed by atoms with Crippen LogP contribution in [0.1, 0.15) is 67.3 Å². The van der Waals surface area contributed by atoms with Gasteiger partial charge >= 0.3 is 0 Å². The molecule has 0 aromatic heterocycles. The maximum Gasteiger partial charge on any atom is 0.251 e. The number of carbonyl (C=O) groups is 1. The summed E-state index contributed by atoms with van der Waals surface area (Å²) in [6, 6.07) is 3.35. The molecule has 1 saturated carbocycles. The van der Waals surface area contributed by atoms with Crippen molar-refractivity contribution < 1.29 is 9.18 Å². The predicted octanol–water partition coefficient (Wildman–Crippen LogP) is 3.99. The molecule has 0 radical (unpaired) electrons. The number of hydrogen-bond acceptors (Lipinski definition) is 3. The molecule has 5 rings (SSSR count). The van der Waals surface area contributed by atoms with Crippen molar-refractivity contribution in [3.8, 4) is 0 Å². The molecule has 5 atom stereocenters. The Morgan fingerprint density at radius 3 is 2.75 bits per heavy atom. The topological polar surface area (TPSA) is 44.4 Å². The van der Waals surface area contributed by atoms with Crippen LogP contribution in [0.25, 0.3) is 0 Å². The second kappa shape index (κ2) is 7.33. The first-order valence-electron chi connectivity index (χ1n) is 11.2. The van der Waals surface area contributed by atoms with Gasteiger partial charge in [-0.3, -0.25) is 4.79 Å². The molecule has 5 heteroatoms. The molecule has 3 aliphatic heterocycles. The Balaban J connectivity index is 1.48. The SMILES string of the molecule is C[C@H]1CNC(=O)c2cc(F)cc3c2C1C(C1CCCC[C@@H]1CN1CCCC1)N3. The summed E-state index contributed by atoms with van der Waals surface area (Å²) in [7, 11) is 0. The van der Waals surface area contributed by atoms with Crippen molar-refractivity contribution in [1.29, 1.82) is 0 Å². The zero-order valence-electron chi connectivity index (χ0n) is 16.8. The minimum atomic E-state index is -0.317. The number of benzene rings is 1. The van der Waals surface area contributed by atoms with E-state index in [0.29, 0.717) is 35.9 Å². The number of halogens is 1. The molecular weight excluding hydrogens is 353 g/mol. The van der Waals surface area contributed by atoms with Crippen LogP contribution >= 0.6 is 0 Å². The summed E-state index contributed by atoms with van der Waals surface area (Å²) < 4.78 is 14.3. The number of nitrogens with one attached hydrogen (secondary N) is 2. The first-order chi connectivity index (χ1) is 13.6. The van der Waals surface area contributed by atoms with Gasteiger partial charge in [-0.05, 0) is 74.2 Å². The van der Waals surface area contributed by atoms with E-state index in [1.54, 1.807) is 6.07 Å². The van der Waals surface area contributed by atoms with Crippen molar-refractivity contribution >= 4 is 11.6 Å². The Hall–Kier alpha value is -1.62. The van der Waals surface area contributed by atoms with E-state index in [0.717, 1.165) is 11.3 Å². The molecule has 152 valence electrons. The fourth-order valence-electron chi connectivity index (χ4n) is 6.45. The van der Waals surface area contributed by atoms with Crippen LogP contribution in [0.5, 0.6) is 0 Å². The third-order valence-corrected chi connectivity index (χ3v) is 7.75. The van der Waals surface area contributed by atoms with Gasteiger partial charge in [0.25, 0.3) is 5.91 Å². The third-order valence-electron chi connectivity index (χ3n) is 7.75. The van der Waals surface area contributed by atoms with E-state index in [-0.39, 0.29) is 17.6 Å². The molecule has 2 fully saturated rings. The summed E-state index contributed by atoms with van der Waals surface area (Å²) in [4.78, 5) is 15.2. The monoisotopic (exact) mass is 385 g/mol. The second-order valence-corrected chi connectivity index (χ2v) is 9.51. The number of anilines is 1. The van der Waals surface area contributed by atoms with Crippen LogP contribution in [-0.2, 0) is 0 Å². The fraction of sp³-hybridized carbons (Fsp3) is 0.696. The maximum absolute atomic E-state index is 14.3. The van der Waals surface area contributed by atoms with Crippen LogP contribution in [0.3, 0.4) is 0 Å². The molecule has 1 aromatic carbocycles. The molecule has 0 bridgehead atoms. The minimum Gasteiger partial charge on any atom is -0.381 e. The lowest BCUT2D eigenvalue weighted by atomic mass is 9.69. The van der Waals surface area contributed by atoms with Crippen LogP contribution in [0.4, 0.5) is 10.1 Å².